The van der Waals surface area contributed by atoms with E-state index in [2.05, 4.69) is 0 Å². The van der Waals surface area contributed by atoms with E-state index >= 15 is 0 Å². The lowest BCUT2D eigenvalue weighted by atomic mass is 10.1. The summed E-state index contributed by atoms with van der Waals surface area (Å²) < 4.78 is 5.89. The molecule has 0 bridgehead atoms. The molecule has 1 aliphatic rings. The highest BCUT2D eigenvalue weighted by Gasteiger charge is 2.32. The lowest BCUT2D eigenvalue weighted by Crippen LogP contribution is -2.27. The zero-order valence-corrected chi connectivity index (χ0v) is 15.5. The Hall–Kier alpha value is -2.90. The van der Waals surface area contributed by atoms with Crippen LogP contribution in [0.5, 0.6) is 5.75 Å². The van der Waals surface area contributed by atoms with Crippen LogP contribution in [-0.4, -0.2) is 20.2 Å². The van der Waals surface area contributed by atoms with Gasteiger partial charge in [-0.15, -0.1) is 0 Å². The van der Waals surface area contributed by atoms with Crippen molar-refractivity contribution in [2.45, 2.75) is 6.54 Å². The quantitative estimate of drug-likeness (QED) is 0.536. The minimum absolute atomic E-state index is 0.0267. The molecule has 0 saturated carbocycles. The van der Waals surface area contributed by atoms with Crippen molar-refractivity contribution in [3.63, 3.8) is 0 Å². The first-order chi connectivity index (χ1) is 13.0. The minimum atomic E-state index is -0.319. The molecule has 0 spiro atoms. The summed E-state index contributed by atoms with van der Waals surface area (Å²) >= 11 is 6.48. The van der Waals surface area contributed by atoms with Crippen molar-refractivity contribution in [2.24, 2.45) is 0 Å². The normalized spacial score (nSPS) is 15.9. The Morgan fingerprint density at radius 2 is 1.93 bits per heavy atom. The Kier molecular flexibility index (Phi) is 4.55. The second-order valence-electron chi connectivity index (χ2n) is 5.95. The molecule has 0 atom stereocenters. The maximum Gasteiger partial charge on any atom is 0.266 e. The van der Waals surface area contributed by atoms with Crippen LogP contribution in [0.15, 0.2) is 68.9 Å². The van der Waals surface area contributed by atoms with Gasteiger partial charge >= 0.3 is 0 Å². The number of hydrogen-bond donors (Lipinski definition) is 1. The zero-order valence-electron chi connectivity index (χ0n) is 13.9. The average molecular weight is 395 g/mol. The number of thiocarbonyl (C=S) groups is 1. The Morgan fingerprint density at radius 1 is 1.15 bits per heavy atom. The smallest absolute Gasteiger partial charge is 0.266 e. The number of benzene rings is 2. The van der Waals surface area contributed by atoms with Gasteiger partial charge in [0.25, 0.3) is 5.91 Å². The number of amides is 1. The van der Waals surface area contributed by atoms with E-state index in [1.165, 1.54) is 35.4 Å². The van der Waals surface area contributed by atoms with Gasteiger partial charge in [-0.25, -0.2) is 0 Å². The third kappa shape index (κ3) is 3.39. The number of nitrogens with zero attached hydrogens (tertiary/aromatic N) is 1. The topological polar surface area (TPSA) is 70.7 Å². The lowest BCUT2D eigenvalue weighted by Gasteiger charge is -2.14. The number of carbonyl (C=O) groups excluding carboxylic acids is 1. The van der Waals surface area contributed by atoms with Crippen LogP contribution < -0.4 is 5.43 Å². The molecular formula is C20H13NO4S2. The summed E-state index contributed by atoms with van der Waals surface area (Å²) in [4.78, 5) is 27.2. The van der Waals surface area contributed by atoms with Gasteiger partial charge in [0.15, 0.2) is 5.43 Å². The number of thioether (sulfide) groups is 1. The van der Waals surface area contributed by atoms with Gasteiger partial charge in [-0.2, -0.15) is 0 Å². The third-order valence-electron chi connectivity index (χ3n) is 4.13. The Morgan fingerprint density at radius 3 is 2.70 bits per heavy atom. The molecule has 5 nitrogen and oxygen atoms in total. The van der Waals surface area contributed by atoms with E-state index in [0.717, 1.165) is 17.3 Å². The van der Waals surface area contributed by atoms with E-state index in [1.807, 2.05) is 30.3 Å². The van der Waals surface area contributed by atoms with E-state index in [9.17, 15) is 14.7 Å². The van der Waals surface area contributed by atoms with Gasteiger partial charge in [-0.3, -0.25) is 14.5 Å². The molecule has 7 heteroatoms. The third-order valence-corrected chi connectivity index (χ3v) is 5.50. The van der Waals surface area contributed by atoms with Crippen molar-refractivity contribution in [3.05, 3.63) is 81.0 Å². The first-order valence-corrected chi connectivity index (χ1v) is 9.29. The molecule has 4 rings (SSSR count). The van der Waals surface area contributed by atoms with E-state index < -0.39 is 0 Å². The number of fused-ring (bicyclic) bond motifs is 1. The van der Waals surface area contributed by atoms with Gasteiger partial charge in [0.05, 0.1) is 22.4 Å². The molecular weight excluding hydrogens is 382 g/mol. The van der Waals surface area contributed by atoms with Gasteiger partial charge in [-0.05, 0) is 29.8 Å². The molecule has 2 aromatic carbocycles. The summed E-state index contributed by atoms with van der Waals surface area (Å²) in [5, 5.41) is 9.86. The van der Waals surface area contributed by atoms with Crippen LogP contribution in [-0.2, 0) is 11.3 Å². The maximum atomic E-state index is 12.7. The molecule has 0 radical (unpaired) electrons. The molecule has 0 unspecified atom stereocenters. The number of carbonyl (C=O) groups is 1. The Balaban J connectivity index is 1.68. The average Bonchev–Trinajstić information content (AvgIpc) is 2.93. The van der Waals surface area contributed by atoms with Crippen LogP contribution in [0.4, 0.5) is 0 Å². The van der Waals surface area contributed by atoms with Crippen molar-refractivity contribution in [2.75, 3.05) is 0 Å². The molecule has 1 aliphatic heterocycles. The first-order valence-electron chi connectivity index (χ1n) is 8.07. The van der Waals surface area contributed by atoms with Gasteiger partial charge in [0.2, 0.25) is 0 Å². The number of hydrogen-bond acceptors (Lipinski definition) is 6. The van der Waals surface area contributed by atoms with Gasteiger partial charge in [0, 0.05) is 0 Å². The highest BCUT2D eigenvalue weighted by atomic mass is 32.2. The molecule has 0 aliphatic carbocycles. The van der Waals surface area contributed by atoms with E-state index in [1.54, 1.807) is 0 Å². The number of rotatable bonds is 3. The van der Waals surface area contributed by atoms with Crippen molar-refractivity contribution in [3.8, 4) is 5.75 Å². The van der Waals surface area contributed by atoms with Gasteiger partial charge < -0.3 is 9.52 Å². The summed E-state index contributed by atoms with van der Waals surface area (Å²) in [5.41, 5.74) is 1.25. The van der Waals surface area contributed by atoms with Crippen molar-refractivity contribution >= 4 is 51.3 Å². The number of aromatic hydroxyl groups is 1. The molecule has 1 amide bonds. The summed E-state index contributed by atoms with van der Waals surface area (Å²) in [6.45, 7) is 0.378. The van der Waals surface area contributed by atoms with Crippen LogP contribution in [0.25, 0.3) is 17.0 Å². The van der Waals surface area contributed by atoms with E-state index in [-0.39, 0.29) is 28.0 Å². The largest absolute Gasteiger partial charge is 0.508 e. The van der Waals surface area contributed by atoms with Gasteiger partial charge in [0.1, 0.15) is 21.9 Å². The molecule has 1 aromatic heterocycles. The first kappa shape index (κ1) is 17.5. The van der Waals surface area contributed by atoms with Crippen LogP contribution >= 0.6 is 24.0 Å². The second-order valence-corrected chi connectivity index (χ2v) is 7.63. The molecule has 2 heterocycles. The molecule has 1 saturated heterocycles. The minimum Gasteiger partial charge on any atom is -0.508 e. The van der Waals surface area contributed by atoms with Crippen LogP contribution in [0.3, 0.4) is 0 Å². The summed E-state index contributed by atoms with van der Waals surface area (Å²) in [7, 11) is 0. The maximum absolute atomic E-state index is 12.7. The van der Waals surface area contributed by atoms with Crippen LogP contribution in [0, 0.1) is 0 Å². The predicted octanol–water partition coefficient (Wildman–Crippen LogP) is 3.90. The van der Waals surface area contributed by atoms with E-state index in [0.29, 0.717) is 21.4 Å². The van der Waals surface area contributed by atoms with Crippen LogP contribution in [0.1, 0.15) is 11.1 Å². The molecule has 1 N–H and O–H groups in total. The Bertz CT molecular complexity index is 1150. The van der Waals surface area contributed by atoms with Crippen LogP contribution in [0.2, 0.25) is 0 Å². The lowest BCUT2D eigenvalue weighted by molar-refractivity contribution is -0.122. The highest BCUT2D eigenvalue weighted by Crippen LogP contribution is 2.33. The van der Waals surface area contributed by atoms with Crippen molar-refractivity contribution in [1.82, 2.24) is 4.90 Å². The molecule has 27 heavy (non-hydrogen) atoms. The monoisotopic (exact) mass is 395 g/mol. The second kappa shape index (κ2) is 7.02. The fourth-order valence-corrected chi connectivity index (χ4v) is 4.02. The molecule has 3 aromatic rings. The number of phenolic OH excluding ortho intramolecular Hbond substituents is 1. The fourth-order valence-electron chi connectivity index (χ4n) is 2.78. The highest BCUT2D eigenvalue weighted by molar-refractivity contribution is 8.26. The standard InChI is InChI=1S/C20H13NO4S2/c22-14-6-7-16-15(9-14)18(23)13(11-25-16)8-17-19(24)21(20(26)27-17)10-12-4-2-1-3-5-12/h1-9,11,22H,10H2. The van der Waals surface area contributed by atoms with Gasteiger partial charge in [-0.1, -0.05) is 54.3 Å². The predicted molar refractivity (Wildman–Crippen MR) is 109 cm³/mol. The Labute approximate surface area is 163 Å². The SMILES string of the molecule is O=C1C(=Cc2coc3ccc(O)cc3c2=O)SC(=S)N1Cc1ccccc1. The van der Waals surface area contributed by atoms with Crippen molar-refractivity contribution < 1.29 is 14.3 Å². The molecule has 1 fully saturated rings. The summed E-state index contributed by atoms with van der Waals surface area (Å²) in [6, 6.07) is 13.9. The fraction of sp³-hybridized carbons (Fsp3) is 0.0500. The van der Waals surface area contributed by atoms with E-state index in [4.69, 9.17) is 16.6 Å². The zero-order chi connectivity index (χ0) is 19.0. The molecule has 134 valence electrons. The summed E-state index contributed by atoms with van der Waals surface area (Å²) in [6.07, 6.45) is 2.80. The van der Waals surface area contributed by atoms with Crippen molar-refractivity contribution in [1.29, 1.82) is 0 Å². The number of phenols is 1. The summed E-state index contributed by atoms with van der Waals surface area (Å²) in [5.74, 6) is -0.273.